The van der Waals surface area contributed by atoms with Crippen LogP contribution in [0.1, 0.15) is 10.4 Å². The Morgan fingerprint density at radius 1 is 1.00 bits per heavy atom. The van der Waals surface area contributed by atoms with E-state index in [0.717, 1.165) is 10.2 Å². The molecule has 0 radical (unpaired) electrons. The van der Waals surface area contributed by atoms with Gasteiger partial charge in [0.25, 0.3) is 5.91 Å². The zero-order valence-electron chi connectivity index (χ0n) is 11.2. The van der Waals surface area contributed by atoms with Gasteiger partial charge in [-0.15, -0.1) is 0 Å². The van der Waals surface area contributed by atoms with Gasteiger partial charge in [-0.1, -0.05) is 68.9 Å². The number of halogens is 4. The van der Waals surface area contributed by atoms with E-state index in [9.17, 15) is 4.79 Å². The van der Waals surface area contributed by atoms with Crippen LogP contribution in [0.3, 0.4) is 0 Å². The van der Waals surface area contributed by atoms with E-state index >= 15 is 0 Å². The van der Waals surface area contributed by atoms with Crippen molar-refractivity contribution in [3.63, 3.8) is 0 Å². The van der Waals surface area contributed by atoms with Crippen LogP contribution in [0.25, 0.3) is 0 Å². The fourth-order valence-corrected chi connectivity index (χ4v) is 2.31. The summed E-state index contributed by atoms with van der Waals surface area (Å²) in [5.41, 5.74) is 1.20. The molecule has 0 fully saturated rings. The van der Waals surface area contributed by atoms with Crippen LogP contribution in [-0.4, -0.2) is 15.9 Å². The van der Waals surface area contributed by atoms with E-state index in [1.165, 1.54) is 0 Å². The molecule has 7 heteroatoms. The van der Waals surface area contributed by atoms with Gasteiger partial charge in [0, 0.05) is 15.7 Å². The molecule has 2 aromatic rings. The van der Waals surface area contributed by atoms with Gasteiger partial charge in [-0.25, -0.2) is 0 Å². The Bertz CT molecular complexity index is 629. The van der Waals surface area contributed by atoms with Crippen molar-refractivity contribution in [1.29, 1.82) is 0 Å². The fraction of sp³-hybridized carbons (Fsp3) is 0.133. The van der Waals surface area contributed by atoms with E-state index in [4.69, 9.17) is 34.8 Å². The molecule has 2 aromatic carbocycles. The summed E-state index contributed by atoms with van der Waals surface area (Å²) < 4.78 is -0.828. The molecular formula is C15H12BrCl3N2O. The third kappa shape index (κ3) is 5.06. The van der Waals surface area contributed by atoms with Crippen molar-refractivity contribution in [2.24, 2.45) is 0 Å². The van der Waals surface area contributed by atoms with Crippen LogP contribution < -0.4 is 10.6 Å². The Morgan fingerprint density at radius 3 is 2.14 bits per heavy atom. The maximum Gasteiger partial charge on any atom is 0.252 e. The van der Waals surface area contributed by atoms with E-state index in [1.54, 1.807) is 24.3 Å². The second-order valence-corrected chi connectivity index (χ2v) is 7.75. The van der Waals surface area contributed by atoms with Gasteiger partial charge >= 0.3 is 0 Å². The highest BCUT2D eigenvalue weighted by molar-refractivity contribution is 9.10. The number of anilines is 1. The first-order valence-corrected chi connectivity index (χ1v) is 8.24. The van der Waals surface area contributed by atoms with E-state index in [1.807, 2.05) is 30.3 Å². The number of benzene rings is 2. The van der Waals surface area contributed by atoms with Gasteiger partial charge in [-0.3, -0.25) is 4.79 Å². The molecule has 0 aliphatic carbocycles. The summed E-state index contributed by atoms with van der Waals surface area (Å²) in [5.74, 6) is -0.341. The SMILES string of the molecule is O=C(N[C@H](Nc1ccccc1)C(Cl)(Cl)Cl)c1ccc(Br)cc1. The predicted octanol–water partition coefficient (Wildman–Crippen LogP) is 4.99. The first kappa shape index (κ1) is 17.4. The summed E-state index contributed by atoms with van der Waals surface area (Å²) in [4.78, 5) is 12.3. The normalized spacial score (nSPS) is 12.5. The number of alkyl halides is 3. The van der Waals surface area contributed by atoms with Gasteiger partial charge in [0.1, 0.15) is 6.17 Å². The molecule has 0 saturated carbocycles. The van der Waals surface area contributed by atoms with Crippen molar-refractivity contribution in [2.75, 3.05) is 5.32 Å². The molecule has 1 amide bonds. The molecule has 0 saturated heterocycles. The standard InChI is InChI=1S/C15H12BrCl3N2O/c16-11-8-6-10(7-9-11)13(22)21-14(15(17,18)19)20-12-4-2-1-3-5-12/h1-9,14,20H,(H,21,22)/t14-/m0/s1. The van der Waals surface area contributed by atoms with Crippen LogP contribution in [0.5, 0.6) is 0 Å². The van der Waals surface area contributed by atoms with Crippen molar-refractivity contribution in [1.82, 2.24) is 5.32 Å². The number of hydrogen-bond donors (Lipinski definition) is 2. The summed E-state index contributed by atoms with van der Waals surface area (Å²) in [6.45, 7) is 0. The van der Waals surface area contributed by atoms with Crippen molar-refractivity contribution in [3.05, 3.63) is 64.6 Å². The number of rotatable bonds is 4. The summed E-state index contributed by atoms with van der Waals surface area (Å²) >= 11 is 21.2. The molecule has 116 valence electrons. The molecule has 0 aliphatic rings. The Hall–Kier alpha value is -0.940. The van der Waals surface area contributed by atoms with Gasteiger partial charge in [-0.2, -0.15) is 0 Å². The lowest BCUT2D eigenvalue weighted by atomic mass is 10.2. The van der Waals surface area contributed by atoms with Crippen LogP contribution in [0.2, 0.25) is 0 Å². The number of amides is 1. The van der Waals surface area contributed by atoms with Crippen LogP contribution >= 0.6 is 50.7 Å². The number of carbonyl (C=O) groups excluding carboxylic acids is 1. The average molecular weight is 423 g/mol. The molecule has 0 aliphatic heterocycles. The maximum absolute atomic E-state index is 12.3. The minimum absolute atomic E-state index is 0.341. The third-order valence-corrected chi connectivity index (χ3v) is 3.98. The highest BCUT2D eigenvalue weighted by Crippen LogP contribution is 2.31. The molecule has 0 unspecified atom stereocenters. The molecular weight excluding hydrogens is 410 g/mol. The summed E-state index contributed by atoms with van der Waals surface area (Å²) in [6, 6.07) is 16.1. The van der Waals surface area contributed by atoms with Crippen LogP contribution in [0.4, 0.5) is 5.69 Å². The first-order valence-electron chi connectivity index (χ1n) is 6.31. The highest BCUT2D eigenvalue weighted by Gasteiger charge is 2.34. The monoisotopic (exact) mass is 420 g/mol. The maximum atomic E-state index is 12.3. The number of para-hydroxylation sites is 1. The summed E-state index contributed by atoms with van der Waals surface area (Å²) in [5, 5.41) is 5.67. The van der Waals surface area contributed by atoms with E-state index in [0.29, 0.717) is 5.56 Å². The molecule has 0 bridgehead atoms. The quantitative estimate of drug-likeness (QED) is 0.539. The minimum atomic E-state index is -1.71. The minimum Gasteiger partial charge on any atom is -0.362 e. The van der Waals surface area contributed by atoms with Crippen molar-refractivity contribution >= 4 is 62.3 Å². The molecule has 3 nitrogen and oxygen atoms in total. The molecule has 0 aromatic heterocycles. The Labute approximate surface area is 152 Å². The summed E-state index contributed by atoms with van der Waals surface area (Å²) in [6.07, 6.45) is -0.879. The topological polar surface area (TPSA) is 41.1 Å². The summed E-state index contributed by atoms with van der Waals surface area (Å²) in [7, 11) is 0. The Kier molecular flexibility index (Phi) is 5.98. The van der Waals surface area contributed by atoms with E-state index < -0.39 is 9.96 Å². The van der Waals surface area contributed by atoms with Crippen molar-refractivity contribution in [2.45, 2.75) is 9.96 Å². The zero-order valence-corrected chi connectivity index (χ0v) is 15.0. The zero-order chi connectivity index (χ0) is 16.2. The van der Waals surface area contributed by atoms with Gasteiger partial charge in [0.15, 0.2) is 0 Å². The number of hydrogen-bond acceptors (Lipinski definition) is 2. The van der Waals surface area contributed by atoms with Gasteiger partial charge in [-0.05, 0) is 36.4 Å². The van der Waals surface area contributed by atoms with Gasteiger partial charge in [0.2, 0.25) is 3.79 Å². The third-order valence-electron chi connectivity index (χ3n) is 2.79. The van der Waals surface area contributed by atoms with E-state index in [-0.39, 0.29) is 5.91 Å². The Balaban J connectivity index is 2.13. The van der Waals surface area contributed by atoms with Gasteiger partial charge < -0.3 is 10.6 Å². The lowest BCUT2D eigenvalue weighted by Crippen LogP contribution is -2.49. The van der Waals surface area contributed by atoms with Crippen molar-refractivity contribution < 1.29 is 4.79 Å². The van der Waals surface area contributed by atoms with Crippen LogP contribution in [0, 0.1) is 0 Å². The molecule has 0 spiro atoms. The lowest BCUT2D eigenvalue weighted by molar-refractivity contribution is 0.0942. The van der Waals surface area contributed by atoms with Gasteiger partial charge in [0.05, 0.1) is 0 Å². The van der Waals surface area contributed by atoms with Crippen LogP contribution in [-0.2, 0) is 0 Å². The predicted molar refractivity (Wildman–Crippen MR) is 95.8 cm³/mol. The van der Waals surface area contributed by atoms with Crippen LogP contribution in [0.15, 0.2) is 59.1 Å². The molecule has 2 N–H and O–H groups in total. The molecule has 2 rings (SSSR count). The largest absolute Gasteiger partial charge is 0.362 e. The fourth-order valence-electron chi connectivity index (χ4n) is 1.72. The second-order valence-electron chi connectivity index (χ2n) is 4.47. The molecule has 1 atom stereocenters. The molecule has 0 heterocycles. The first-order chi connectivity index (χ1) is 10.4. The number of carbonyl (C=O) groups is 1. The lowest BCUT2D eigenvalue weighted by Gasteiger charge is -2.27. The smallest absolute Gasteiger partial charge is 0.252 e. The number of nitrogens with one attached hydrogen (secondary N) is 2. The Morgan fingerprint density at radius 2 is 1.59 bits per heavy atom. The molecule has 22 heavy (non-hydrogen) atoms. The van der Waals surface area contributed by atoms with E-state index in [2.05, 4.69) is 26.6 Å². The average Bonchev–Trinajstić information content (AvgIpc) is 2.47. The second kappa shape index (κ2) is 7.55. The highest BCUT2D eigenvalue weighted by atomic mass is 79.9. The van der Waals surface area contributed by atoms with Crippen molar-refractivity contribution in [3.8, 4) is 0 Å².